The number of piperidine rings is 1. The summed E-state index contributed by atoms with van der Waals surface area (Å²) in [7, 11) is -3.23. The molecule has 1 saturated heterocycles. The van der Waals surface area contributed by atoms with Gasteiger partial charge < -0.3 is 4.90 Å². The topological polar surface area (TPSA) is 84.3 Å². The number of carbonyl (C=O) groups excluding carboxylic acids is 1. The highest BCUT2D eigenvalue weighted by Crippen LogP contribution is 2.17. The molecule has 1 aliphatic heterocycles. The largest absolute Gasteiger partial charge is 0.329 e. The predicted octanol–water partition coefficient (Wildman–Crippen LogP) is 0.255. The third-order valence-electron chi connectivity index (χ3n) is 3.18. The molecule has 19 heavy (non-hydrogen) atoms. The Hall–Kier alpha value is -1.41. The van der Waals surface area contributed by atoms with Crippen molar-refractivity contribution in [3.8, 4) is 0 Å². The summed E-state index contributed by atoms with van der Waals surface area (Å²) in [6.45, 7) is 0.909. The normalized spacial score (nSPS) is 20.5. The van der Waals surface area contributed by atoms with Gasteiger partial charge in [-0.3, -0.25) is 4.57 Å². The molecule has 1 N–H and O–H groups in total. The number of hydrogen-bond acceptors (Lipinski definition) is 4. The van der Waals surface area contributed by atoms with E-state index in [0.717, 1.165) is 25.5 Å². The number of carbonyl (C=O) groups is 1. The van der Waals surface area contributed by atoms with Gasteiger partial charge >= 0.3 is 6.03 Å². The zero-order valence-corrected chi connectivity index (χ0v) is 11.6. The molecule has 0 aromatic carbocycles. The molecule has 2 rings (SSSR count). The molecule has 1 fully saturated rings. The molecule has 2 heterocycles. The first-order valence-corrected chi connectivity index (χ1v) is 8.10. The SMILES string of the molecule is CS(=O)(=O)NCC1CCCCN1C(=O)n1ccnc1. The fourth-order valence-electron chi connectivity index (χ4n) is 2.23. The smallest absolute Gasteiger partial charge is 0.320 e. The molecule has 0 saturated carbocycles. The third-order valence-corrected chi connectivity index (χ3v) is 3.87. The Morgan fingerprint density at radius 2 is 2.26 bits per heavy atom. The molecule has 1 aromatic rings. The van der Waals surface area contributed by atoms with Crippen molar-refractivity contribution in [3.63, 3.8) is 0 Å². The lowest BCUT2D eigenvalue weighted by molar-refractivity contribution is 0.153. The van der Waals surface area contributed by atoms with Crippen molar-refractivity contribution in [2.75, 3.05) is 19.3 Å². The van der Waals surface area contributed by atoms with Crippen LogP contribution in [0.1, 0.15) is 19.3 Å². The van der Waals surface area contributed by atoms with Gasteiger partial charge in [-0.2, -0.15) is 0 Å². The summed E-state index contributed by atoms with van der Waals surface area (Å²) in [5.41, 5.74) is 0. The van der Waals surface area contributed by atoms with Crippen LogP contribution < -0.4 is 4.72 Å². The fraction of sp³-hybridized carbons (Fsp3) is 0.636. The summed E-state index contributed by atoms with van der Waals surface area (Å²) >= 11 is 0. The van der Waals surface area contributed by atoms with Crippen LogP contribution in [0, 0.1) is 0 Å². The lowest BCUT2D eigenvalue weighted by Gasteiger charge is -2.35. The van der Waals surface area contributed by atoms with Gasteiger partial charge in [-0.05, 0) is 19.3 Å². The van der Waals surface area contributed by atoms with E-state index < -0.39 is 10.0 Å². The molecule has 1 unspecified atom stereocenters. The van der Waals surface area contributed by atoms with Crippen LogP contribution in [0.5, 0.6) is 0 Å². The zero-order valence-electron chi connectivity index (χ0n) is 10.8. The highest BCUT2D eigenvalue weighted by atomic mass is 32.2. The van der Waals surface area contributed by atoms with E-state index in [2.05, 4.69) is 9.71 Å². The van der Waals surface area contributed by atoms with Gasteiger partial charge in [0, 0.05) is 31.5 Å². The van der Waals surface area contributed by atoms with Crippen LogP contribution >= 0.6 is 0 Å². The molecular weight excluding hydrogens is 268 g/mol. The maximum Gasteiger partial charge on any atom is 0.329 e. The standard InChI is InChI=1S/C11H18N4O3S/c1-19(17,18)13-8-10-4-2-3-6-15(10)11(16)14-7-5-12-9-14/h5,7,9-10,13H,2-4,6,8H2,1H3. The van der Waals surface area contributed by atoms with Crippen LogP contribution in [-0.2, 0) is 10.0 Å². The highest BCUT2D eigenvalue weighted by Gasteiger charge is 2.27. The summed E-state index contributed by atoms with van der Waals surface area (Å²) in [6, 6.07) is -0.254. The van der Waals surface area contributed by atoms with E-state index in [-0.39, 0.29) is 18.6 Å². The lowest BCUT2D eigenvalue weighted by Crippen LogP contribution is -2.50. The number of amides is 1. The minimum atomic E-state index is -3.23. The van der Waals surface area contributed by atoms with Crippen LogP contribution in [0.2, 0.25) is 0 Å². The Bertz CT molecular complexity index is 526. The van der Waals surface area contributed by atoms with Gasteiger partial charge in [0.15, 0.2) is 0 Å². The summed E-state index contributed by atoms with van der Waals surface area (Å²) in [5, 5.41) is 0. The van der Waals surface area contributed by atoms with E-state index in [1.54, 1.807) is 17.3 Å². The number of imidazole rings is 1. The van der Waals surface area contributed by atoms with Crippen molar-refractivity contribution in [1.29, 1.82) is 0 Å². The molecule has 0 spiro atoms. The highest BCUT2D eigenvalue weighted by molar-refractivity contribution is 7.88. The molecule has 7 nitrogen and oxygen atoms in total. The number of hydrogen-bond donors (Lipinski definition) is 1. The maximum atomic E-state index is 12.3. The monoisotopic (exact) mass is 286 g/mol. The van der Waals surface area contributed by atoms with Crippen molar-refractivity contribution in [3.05, 3.63) is 18.7 Å². The Labute approximate surface area is 112 Å². The van der Waals surface area contributed by atoms with Crippen molar-refractivity contribution in [2.45, 2.75) is 25.3 Å². The van der Waals surface area contributed by atoms with E-state index >= 15 is 0 Å². The van der Waals surface area contributed by atoms with Gasteiger partial charge in [-0.15, -0.1) is 0 Å². The quantitative estimate of drug-likeness (QED) is 0.863. The molecule has 1 atom stereocenters. The molecule has 1 aliphatic rings. The Morgan fingerprint density at radius 1 is 1.47 bits per heavy atom. The number of nitrogens with one attached hydrogen (secondary N) is 1. The molecule has 1 amide bonds. The van der Waals surface area contributed by atoms with E-state index in [9.17, 15) is 13.2 Å². The van der Waals surface area contributed by atoms with E-state index in [1.807, 2.05) is 0 Å². The maximum absolute atomic E-state index is 12.3. The third kappa shape index (κ3) is 3.77. The minimum Gasteiger partial charge on any atom is -0.320 e. The van der Waals surface area contributed by atoms with Gasteiger partial charge in [0.25, 0.3) is 0 Å². The van der Waals surface area contributed by atoms with Gasteiger partial charge in [0.05, 0.1) is 6.26 Å². The molecule has 0 bridgehead atoms. The average Bonchev–Trinajstić information content (AvgIpc) is 2.89. The number of rotatable bonds is 3. The average molecular weight is 286 g/mol. The van der Waals surface area contributed by atoms with Crippen molar-refractivity contribution < 1.29 is 13.2 Å². The minimum absolute atomic E-state index is 0.0987. The Morgan fingerprint density at radius 3 is 2.89 bits per heavy atom. The van der Waals surface area contributed by atoms with Gasteiger partial charge in [-0.25, -0.2) is 22.9 Å². The number of likely N-dealkylation sites (tertiary alicyclic amines) is 1. The summed E-state index contributed by atoms with van der Waals surface area (Å²) in [6.07, 6.45) is 8.47. The van der Waals surface area contributed by atoms with Gasteiger partial charge in [0.2, 0.25) is 10.0 Å². The van der Waals surface area contributed by atoms with Crippen LogP contribution in [0.15, 0.2) is 18.7 Å². The van der Waals surface area contributed by atoms with Crippen molar-refractivity contribution in [1.82, 2.24) is 19.2 Å². The van der Waals surface area contributed by atoms with Crippen LogP contribution in [0.3, 0.4) is 0 Å². The van der Waals surface area contributed by atoms with E-state index in [1.165, 1.54) is 10.9 Å². The summed E-state index contributed by atoms with van der Waals surface area (Å²) in [5.74, 6) is 0. The van der Waals surface area contributed by atoms with Gasteiger partial charge in [0.1, 0.15) is 6.33 Å². The zero-order chi connectivity index (χ0) is 13.9. The second-order valence-electron chi connectivity index (χ2n) is 4.72. The molecule has 0 radical (unpaired) electrons. The number of sulfonamides is 1. The Balaban J connectivity index is 2.05. The Kier molecular flexibility index (Phi) is 4.20. The van der Waals surface area contributed by atoms with E-state index in [4.69, 9.17) is 0 Å². The van der Waals surface area contributed by atoms with Crippen molar-refractivity contribution >= 4 is 16.1 Å². The summed E-state index contributed by atoms with van der Waals surface area (Å²) in [4.78, 5) is 17.8. The second-order valence-corrected chi connectivity index (χ2v) is 6.55. The molecule has 8 heteroatoms. The number of aromatic nitrogens is 2. The molecule has 1 aromatic heterocycles. The first kappa shape index (κ1) is 14.0. The molecule has 106 valence electrons. The number of nitrogens with zero attached hydrogens (tertiary/aromatic N) is 3. The predicted molar refractivity (Wildman–Crippen MR) is 70.2 cm³/mol. The lowest BCUT2D eigenvalue weighted by atomic mass is 10.0. The first-order valence-electron chi connectivity index (χ1n) is 6.21. The molecule has 0 aliphatic carbocycles. The van der Waals surface area contributed by atoms with E-state index in [0.29, 0.717) is 6.54 Å². The van der Waals surface area contributed by atoms with Crippen LogP contribution in [0.4, 0.5) is 4.79 Å². The second kappa shape index (κ2) is 5.70. The molecular formula is C11H18N4O3S. The van der Waals surface area contributed by atoms with Gasteiger partial charge in [-0.1, -0.05) is 0 Å². The van der Waals surface area contributed by atoms with Crippen LogP contribution in [0.25, 0.3) is 0 Å². The van der Waals surface area contributed by atoms with Crippen LogP contribution in [-0.4, -0.2) is 54.3 Å². The van der Waals surface area contributed by atoms with Crippen molar-refractivity contribution in [2.24, 2.45) is 0 Å². The fourth-order valence-corrected chi connectivity index (χ4v) is 2.73. The summed E-state index contributed by atoms with van der Waals surface area (Å²) < 4.78 is 26.2. The first-order chi connectivity index (χ1) is 8.97.